The number of fused-ring (bicyclic) bond motifs is 1. The number of hydrogen-bond acceptors (Lipinski definition) is 1. The summed E-state index contributed by atoms with van der Waals surface area (Å²) in [4.78, 5) is 4.49. The molecule has 0 saturated carbocycles. The van der Waals surface area contributed by atoms with Crippen LogP contribution < -0.4 is 0 Å². The van der Waals surface area contributed by atoms with Crippen molar-refractivity contribution < 1.29 is 0 Å². The lowest BCUT2D eigenvalue weighted by Crippen LogP contribution is -2.00. The van der Waals surface area contributed by atoms with Crippen LogP contribution >= 0.6 is 11.6 Å². The Morgan fingerprint density at radius 2 is 2.17 bits per heavy atom. The fourth-order valence-electron chi connectivity index (χ4n) is 2.20. The van der Waals surface area contributed by atoms with Crippen LogP contribution in [-0.4, -0.2) is 9.55 Å². The fourth-order valence-corrected chi connectivity index (χ4v) is 2.57. The Labute approximate surface area is 113 Å². The van der Waals surface area contributed by atoms with Gasteiger partial charge < -0.3 is 4.57 Å². The normalized spacial score (nSPS) is 12.4. The molecular formula is C15H17ClN2. The van der Waals surface area contributed by atoms with E-state index in [2.05, 4.69) is 25.4 Å². The minimum atomic E-state index is 0.288. The van der Waals surface area contributed by atoms with Crippen molar-refractivity contribution in [3.05, 3.63) is 47.8 Å². The standard InChI is InChI=1S/C15H17ClN2/c1-5-11(6-2)12-8-7-9-13-14(12)17-15(16)18(13)10(3)4/h5-10H,1H2,2-4H3. The lowest BCUT2D eigenvalue weighted by atomic mass is 10.0. The van der Waals surface area contributed by atoms with Crippen LogP contribution in [0.4, 0.5) is 0 Å². The number of nitrogens with zero attached hydrogens (tertiary/aromatic N) is 2. The average molecular weight is 261 g/mol. The molecule has 1 aromatic carbocycles. The van der Waals surface area contributed by atoms with Gasteiger partial charge >= 0.3 is 0 Å². The average Bonchev–Trinajstić information content (AvgIpc) is 2.67. The van der Waals surface area contributed by atoms with Gasteiger partial charge in [-0.3, -0.25) is 0 Å². The molecule has 0 atom stereocenters. The third-order valence-corrected chi connectivity index (χ3v) is 3.30. The summed E-state index contributed by atoms with van der Waals surface area (Å²) in [7, 11) is 0. The van der Waals surface area contributed by atoms with Crippen LogP contribution in [0, 0.1) is 0 Å². The summed E-state index contributed by atoms with van der Waals surface area (Å²) in [6, 6.07) is 6.42. The maximum Gasteiger partial charge on any atom is 0.204 e. The predicted molar refractivity (Wildman–Crippen MR) is 79.0 cm³/mol. The minimum Gasteiger partial charge on any atom is -0.312 e. The van der Waals surface area contributed by atoms with E-state index in [0.717, 1.165) is 22.2 Å². The van der Waals surface area contributed by atoms with Crippen molar-refractivity contribution in [2.24, 2.45) is 0 Å². The summed E-state index contributed by atoms with van der Waals surface area (Å²) < 4.78 is 2.04. The van der Waals surface area contributed by atoms with E-state index in [1.807, 2.05) is 41.8 Å². The highest BCUT2D eigenvalue weighted by Gasteiger charge is 2.14. The minimum absolute atomic E-state index is 0.288. The molecule has 0 aliphatic heterocycles. The second-order valence-electron chi connectivity index (χ2n) is 4.47. The van der Waals surface area contributed by atoms with Crippen LogP contribution in [-0.2, 0) is 0 Å². The lowest BCUT2D eigenvalue weighted by Gasteiger charge is -2.10. The second-order valence-corrected chi connectivity index (χ2v) is 4.80. The summed E-state index contributed by atoms with van der Waals surface area (Å²) in [5.41, 5.74) is 4.15. The maximum atomic E-state index is 6.23. The first kappa shape index (κ1) is 12.9. The Morgan fingerprint density at radius 3 is 2.72 bits per heavy atom. The van der Waals surface area contributed by atoms with Crippen molar-refractivity contribution in [3.63, 3.8) is 0 Å². The van der Waals surface area contributed by atoms with E-state index in [0.29, 0.717) is 5.28 Å². The molecule has 0 N–H and O–H groups in total. The van der Waals surface area contributed by atoms with E-state index in [1.54, 1.807) is 0 Å². The van der Waals surface area contributed by atoms with E-state index >= 15 is 0 Å². The molecule has 0 amide bonds. The highest BCUT2D eigenvalue weighted by Crippen LogP contribution is 2.30. The molecule has 2 rings (SSSR count). The molecule has 0 radical (unpaired) electrons. The van der Waals surface area contributed by atoms with Gasteiger partial charge in [-0.15, -0.1) is 0 Å². The molecule has 18 heavy (non-hydrogen) atoms. The summed E-state index contributed by atoms with van der Waals surface area (Å²) in [6.07, 6.45) is 3.88. The largest absolute Gasteiger partial charge is 0.312 e. The van der Waals surface area contributed by atoms with Crippen molar-refractivity contribution in [3.8, 4) is 0 Å². The molecule has 2 aromatic rings. The van der Waals surface area contributed by atoms with Gasteiger partial charge in [0.1, 0.15) is 0 Å². The van der Waals surface area contributed by atoms with Gasteiger partial charge in [0, 0.05) is 11.6 Å². The number of aromatic nitrogens is 2. The Balaban J connectivity index is 2.80. The molecule has 0 bridgehead atoms. The molecule has 0 unspecified atom stereocenters. The first-order chi connectivity index (χ1) is 8.60. The van der Waals surface area contributed by atoms with E-state index in [-0.39, 0.29) is 6.04 Å². The van der Waals surface area contributed by atoms with E-state index < -0.39 is 0 Å². The number of para-hydroxylation sites is 1. The van der Waals surface area contributed by atoms with E-state index in [4.69, 9.17) is 11.6 Å². The van der Waals surface area contributed by atoms with E-state index in [1.165, 1.54) is 0 Å². The van der Waals surface area contributed by atoms with Crippen molar-refractivity contribution in [1.29, 1.82) is 0 Å². The van der Waals surface area contributed by atoms with Gasteiger partial charge in [-0.1, -0.05) is 30.9 Å². The molecular weight excluding hydrogens is 244 g/mol. The van der Waals surface area contributed by atoms with Gasteiger partial charge in [-0.05, 0) is 44.0 Å². The molecule has 1 heterocycles. The molecule has 0 saturated heterocycles. The Hall–Kier alpha value is -1.54. The van der Waals surface area contributed by atoms with E-state index in [9.17, 15) is 0 Å². The number of hydrogen-bond donors (Lipinski definition) is 0. The zero-order valence-electron chi connectivity index (χ0n) is 10.9. The maximum absolute atomic E-state index is 6.23. The van der Waals surface area contributed by atoms with Gasteiger partial charge in [0.05, 0.1) is 11.0 Å². The van der Waals surface area contributed by atoms with Crippen LogP contribution in [0.3, 0.4) is 0 Å². The van der Waals surface area contributed by atoms with Crippen molar-refractivity contribution >= 4 is 28.2 Å². The van der Waals surface area contributed by atoms with Gasteiger partial charge in [0.2, 0.25) is 5.28 Å². The van der Waals surface area contributed by atoms with Crippen LogP contribution in [0.25, 0.3) is 16.6 Å². The first-order valence-electron chi connectivity index (χ1n) is 6.05. The predicted octanol–water partition coefficient (Wildman–Crippen LogP) is 4.86. The quantitative estimate of drug-likeness (QED) is 0.721. The summed E-state index contributed by atoms with van der Waals surface area (Å²) in [5.74, 6) is 0. The Bertz CT molecular complexity index is 621. The molecule has 2 nitrogen and oxygen atoms in total. The zero-order valence-corrected chi connectivity index (χ0v) is 11.7. The number of imidazole rings is 1. The van der Waals surface area contributed by atoms with Gasteiger partial charge in [-0.2, -0.15) is 0 Å². The topological polar surface area (TPSA) is 17.8 Å². The van der Waals surface area contributed by atoms with Crippen LogP contribution in [0.5, 0.6) is 0 Å². The molecule has 1 aromatic heterocycles. The fraction of sp³-hybridized carbons (Fsp3) is 0.267. The number of allylic oxidation sites excluding steroid dienone is 3. The molecule has 3 heteroatoms. The van der Waals surface area contributed by atoms with Crippen molar-refractivity contribution in [2.75, 3.05) is 0 Å². The number of rotatable bonds is 3. The second kappa shape index (κ2) is 4.99. The Morgan fingerprint density at radius 1 is 1.44 bits per heavy atom. The van der Waals surface area contributed by atoms with Crippen molar-refractivity contribution in [2.45, 2.75) is 26.8 Å². The summed E-state index contributed by atoms with van der Waals surface area (Å²) in [6.45, 7) is 10.0. The zero-order chi connectivity index (χ0) is 13.3. The SMILES string of the molecule is C=CC(=CC)c1cccc2c1nc(Cl)n2C(C)C. The van der Waals surface area contributed by atoms with Crippen LogP contribution in [0.2, 0.25) is 5.28 Å². The summed E-state index contributed by atoms with van der Waals surface area (Å²) >= 11 is 6.23. The highest BCUT2D eigenvalue weighted by atomic mass is 35.5. The summed E-state index contributed by atoms with van der Waals surface area (Å²) in [5, 5.41) is 0.534. The van der Waals surface area contributed by atoms with Crippen molar-refractivity contribution in [1.82, 2.24) is 9.55 Å². The molecule has 0 spiro atoms. The third kappa shape index (κ3) is 1.97. The molecule has 0 aliphatic carbocycles. The van der Waals surface area contributed by atoms with Gasteiger partial charge in [-0.25, -0.2) is 4.98 Å². The van der Waals surface area contributed by atoms with Crippen LogP contribution in [0.1, 0.15) is 32.4 Å². The van der Waals surface area contributed by atoms with Gasteiger partial charge in [0.25, 0.3) is 0 Å². The molecule has 0 aliphatic rings. The molecule has 0 fully saturated rings. The van der Waals surface area contributed by atoms with Gasteiger partial charge in [0.15, 0.2) is 0 Å². The monoisotopic (exact) mass is 260 g/mol. The highest BCUT2D eigenvalue weighted by molar-refractivity contribution is 6.29. The lowest BCUT2D eigenvalue weighted by molar-refractivity contribution is 0.618. The number of halogens is 1. The first-order valence-corrected chi connectivity index (χ1v) is 6.43. The smallest absolute Gasteiger partial charge is 0.204 e. The van der Waals surface area contributed by atoms with Crippen LogP contribution in [0.15, 0.2) is 36.9 Å². The number of benzene rings is 1. The third-order valence-electron chi connectivity index (χ3n) is 3.04. The Kier molecular flexibility index (Phi) is 3.58. The molecule has 94 valence electrons.